The predicted molar refractivity (Wildman–Crippen MR) is 109 cm³/mol. The Balaban J connectivity index is 4.52. The van der Waals surface area contributed by atoms with Crippen LogP contribution in [-0.2, 0) is 19.2 Å². The number of carbonyl (C=O) groups excluding carboxylic acids is 3. The van der Waals surface area contributed by atoms with Gasteiger partial charge in [-0.25, -0.2) is 4.79 Å². The molecule has 0 aliphatic rings. The van der Waals surface area contributed by atoms with Gasteiger partial charge in [0.2, 0.25) is 17.7 Å². The van der Waals surface area contributed by atoms with E-state index >= 15 is 0 Å². The Bertz CT molecular complexity index is 545. The zero-order valence-electron chi connectivity index (χ0n) is 17.3. The SMILES string of the molecule is CC(NC(=O)C(N)CCCCN)C(=O)NC(C)C(=O)NC(CCCCN)C(=O)O. The normalized spacial score (nSPS) is 14.9. The van der Waals surface area contributed by atoms with Crippen LogP contribution in [0.4, 0.5) is 0 Å². The standard InChI is InChI=1S/C18H36N6O5/c1-11(23-17(27)13(21)7-3-5-9-19)15(25)22-12(2)16(26)24-14(18(28)29)8-4-6-10-20/h11-14H,3-10,19-21H2,1-2H3,(H,22,25)(H,23,27)(H,24,26)(H,28,29). The van der Waals surface area contributed by atoms with Crippen LogP contribution in [0.3, 0.4) is 0 Å². The molecule has 29 heavy (non-hydrogen) atoms. The van der Waals surface area contributed by atoms with Crippen LogP contribution in [0.15, 0.2) is 0 Å². The van der Waals surface area contributed by atoms with Crippen molar-refractivity contribution in [1.29, 1.82) is 0 Å². The second kappa shape index (κ2) is 14.7. The number of aliphatic carboxylic acids is 1. The maximum Gasteiger partial charge on any atom is 0.326 e. The maximum atomic E-state index is 12.2. The van der Waals surface area contributed by atoms with Crippen molar-refractivity contribution in [3.8, 4) is 0 Å². The summed E-state index contributed by atoms with van der Waals surface area (Å²) in [5, 5.41) is 16.5. The van der Waals surface area contributed by atoms with Gasteiger partial charge in [0.1, 0.15) is 18.1 Å². The van der Waals surface area contributed by atoms with Gasteiger partial charge in [-0.1, -0.05) is 6.42 Å². The minimum Gasteiger partial charge on any atom is -0.480 e. The van der Waals surface area contributed by atoms with Crippen LogP contribution in [0.1, 0.15) is 52.4 Å². The molecule has 0 heterocycles. The van der Waals surface area contributed by atoms with Crippen LogP contribution < -0.4 is 33.2 Å². The molecule has 0 aliphatic carbocycles. The summed E-state index contributed by atoms with van der Waals surface area (Å²) in [4.78, 5) is 47.7. The van der Waals surface area contributed by atoms with E-state index in [9.17, 15) is 24.3 Å². The van der Waals surface area contributed by atoms with Crippen molar-refractivity contribution >= 4 is 23.7 Å². The number of carbonyl (C=O) groups is 4. The quantitative estimate of drug-likeness (QED) is 0.151. The first-order chi connectivity index (χ1) is 13.6. The van der Waals surface area contributed by atoms with Crippen molar-refractivity contribution in [2.24, 2.45) is 17.2 Å². The predicted octanol–water partition coefficient (Wildman–Crippen LogP) is -1.85. The molecular weight excluding hydrogens is 380 g/mol. The molecule has 168 valence electrons. The molecule has 0 saturated carbocycles. The summed E-state index contributed by atoms with van der Waals surface area (Å²) in [6.07, 6.45) is 3.37. The summed E-state index contributed by atoms with van der Waals surface area (Å²) in [6, 6.07) is -3.69. The van der Waals surface area contributed by atoms with Crippen molar-refractivity contribution in [2.45, 2.75) is 76.5 Å². The van der Waals surface area contributed by atoms with Gasteiger partial charge < -0.3 is 38.3 Å². The maximum absolute atomic E-state index is 12.2. The third kappa shape index (κ3) is 11.4. The summed E-state index contributed by atoms with van der Waals surface area (Å²) < 4.78 is 0. The van der Waals surface area contributed by atoms with Crippen LogP contribution >= 0.6 is 0 Å². The second-order valence-corrected chi connectivity index (χ2v) is 7.04. The molecule has 4 atom stereocenters. The fraction of sp³-hybridized carbons (Fsp3) is 0.778. The highest BCUT2D eigenvalue weighted by Gasteiger charge is 2.26. The second-order valence-electron chi connectivity index (χ2n) is 7.04. The fourth-order valence-corrected chi connectivity index (χ4v) is 2.48. The van der Waals surface area contributed by atoms with Crippen LogP contribution in [0.25, 0.3) is 0 Å². The van der Waals surface area contributed by atoms with Gasteiger partial charge in [-0.2, -0.15) is 0 Å². The zero-order chi connectivity index (χ0) is 22.4. The van der Waals surface area contributed by atoms with E-state index in [1.54, 1.807) is 0 Å². The number of amides is 3. The highest BCUT2D eigenvalue weighted by Crippen LogP contribution is 2.02. The summed E-state index contributed by atoms with van der Waals surface area (Å²) in [5.74, 6) is -2.83. The highest BCUT2D eigenvalue weighted by atomic mass is 16.4. The molecule has 11 nitrogen and oxygen atoms in total. The third-order valence-corrected chi connectivity index (χ3v) is 4.37. The van der Waals surface area contributed by atoms with E-state index in [1.165, 1.54) is 13.8 Å². The van der Waals surface area contributed by atoms with Crippen LogP contribution in [-0.4, -0.2) is 66.1 Å². The molecule has 3 amide bonds. The van der Waals surface area contributed by atoms with E-state index in [-0.39, 0.29) is 6.42 Å². The van der Waals surface area contributed by atoms with Crippen LogP contribution in [0, 0.1) is 0 Å². The Morgan fingerprint density at radius 3 is 1.69 bits per heavy atom. The molecule has 4 unspecified atom stereocenters. The fourth-order valence-electron chi connectivity index (χ4n) is 2.48. The monoisotopic (exact) mass is 416 g/mol. The minimum atomic E-state index is -1.15. The first-order valence-electron chi connectivity index (χ1n) is 9.93. The summed E-state index contributed by atoms with van der Waals surface area (Å²) in [5.41, 5.74) is 16.6. The average molecular weight is 417 g/mol. The molecule has 0 spiro atoms. The van der Waals surface area contributed by atoms with Crippen molar-refractivity contribution in [3.63, 3.8) is 0 Å². The Hall–Kier alpha value is -2.24. The van der Waals surface area contributed by atoms with E-state index in [4.69, 9.17) is 17.2 Å². The molecule has 0 fully saturated rings. The van der Waals surface area contributed by atoms with Gasteiger partial charge in [0.25, 0.3) is 0 Å². The van der Waals surface area contributed by atoms with Crippen molar-refractivity contribution < 1.29 is 24.3 Å². The van der Waals surface area contributed by atoms with Crippen LogP contribution in [0.2, 0.25) is 0 Å². The lowest BCUT2D eigenvalue weighted by Crippen LogP contribution is -2.55. The number of hydrogen-bond acceptors (Lipinski definition) is 7. The molecule has 0 radical (unpaired) electrons. The van der Waals surface area contributed by atoms with Gasteiger partial charge in [0.05, 0.1) is 6.04 Å². The summed E-state index contributed by atoms with van der Waals surface area (Å²) >= 11 is 0. The van der Waals surface area contributed by atoms with Crippen molar-refractivity contribution in [2.75, 3.05) is 13.1 Å². The molecule has 10 N–H and O–H groups in total. The first kappa shape index (κ1) is 26.8. The van der Waals surface area contributed by atoms with Gasteiger partial charge in [0, 0.05) is 0 Å². The van der Waals surface area contributed by atoms with Gasteiger partial charge in [0.15, 0.2) is 0 Å². The zero-order valence-corrected chi connectivity index (χ0v) is 17.3. The largest absolute Gasteiger partial charge is 0.480 e. The Kier molecular flexibility index (Phi) is 13.6. The third-order valence-electron chi connectivity index (χ3n) is 4.37. The highest BCUT2D eigenvalue weighted by molar-refractivity contribution is 5.93. The molecule has 11 heteroatoms. The first-order valence-corrected chi connectivity index (χ1v) is 9.93. The van der Waals surface area contributed by atoms with E-state index in [0.717, 1.165) is 6.42 Å². The van der Waals surface area contributed by atoms with Crippen molar-refractivity contribution in [3.05, 3.63) is 0 Å². The molecule has 0 saturated heterocycles. The number of hydrogen-bond donors (Lipinski definition) is 7. The topological polar surface area (TPSA) is 203 Å². The number of carboxylic acids is 1. The number of rotatable bonds is 15. The summed E-state index contributed by atoms with van der Waals surface area (Å²) in [6.45, 7) is 3.85. The van der Waals surface area contributed by atoms with Gasteiger partial charge in [-0.3, -0.25) is 14.4 Å². The summed E-state index contributed by atoms with van der Waals surface area (Å²) in [7, 11) is 0. The Morgan fingerprint density at radius 2 is 1.21 bits per heavy atom. The molecule has 0 aromatic heterocycles. The van der Waals surface area contributed by atoms with E-state index in [0.29, 0.717) is 38.8 Å². The number of unbranched alkanes of at least 4 members (excludes halogenated alkanes) is 2. The molecule has 0 aromatic carbocycles. The Labute approximate surface area is 171 Å². The lowest BCUT2D eigenvalue weighted by Gasteiger charge is -2.21. The lowest BCUT2D eigenvalue weighted by molar-refractivity contribution is -0.142. The van der Waals surface area contributed by atoms with Gasteiger partial charge in [-0.15, -0.1) is 0 Å². The van der Waals surface area contributed by atoms with Gasteiger partial charge in [-0.05, 0) is 59.0 Å². The molecule has 0 bridgehead atoms. The molecule has 0 rings (SSSR count). The average Bonchev–Trinajstić information content (AvgIpc) is 2.66. The van der Waals surface area contributed by atoms with Gasteiger partial charge >= 0.3 is 5.97 Å². The smallest absolute Gasteiger partial charge is 0.326 e. The molecule has 0 aliphatic heterocycles. The number of nitrogens with two attached hydrogens (primary N) is 3. The van der Waals surface area contributed by atoms with E-state index in [2.05, 4.69) is 16.0 Å². The number of nitrogens with one attached hydrogen (secondary N) is 3. The minimum absolute atomic E-state index is 0.243. The van der Waals surface area contributed by atoms with E-state index in [1.807, 2.05) is 0 Å². The Morgan fingerprint density at radius 1 is 0.759 bits per heavy atom. The van der Waals surface area contributed by atoms with Crippen molar-refractivity contribution in [1.82, 2.24) is 16.0 Å². The van der Waals surface area contributed by atoms with E-state index < -0.39 is 47.9 Å². The lowest BCUT2D eigenvalue weighted by atomic mass is 10.1. The van der Waals surface area contributed by atoms with Crippen LogP contribution in [0.5, 0.6) is 0 Å². The molecular formula is C18H36N6O5. The number of carboxylic acid groups (broad SMARTS) is 1. The molecule has 0 aromatic rings.